The molecule has 0 aliphatic heterocycles. The van der Waals surface area contributed by atoms with Crippen LogP contribution in [0.2, 0.25) is 0 Å². The van der Waals surface area contributed by atoms with Crippen LogP contribution in [0.15, 0.2) is 4.99 Å². The fraction of sp³-hybridized carbons (Fsp3) is 0.917. The van der Waals surface area contributed by atoms with Crippen molar-refractivity contribution in [2.45, 2.75) is 34.0 Å². The summed E-state index contributed by atoms with van der Waals surface area (Å²) in [6.45, 7) is 13.6. The molecule has 0 aliphatic rings. The number of nitrogens with one attached hydrogen (secondary N) is 5. The van der Waals surface area contributed by atoms with E-state index in [-0.39, 0.29) is 6.29 Å². The maximum absolute atomic E-state index is 4.47. The van der Waals surface area contributed by atoms with Crippen molar-refractivity contribution in [3.05, 3.63) is 0 Å². The first-order valence-corrected chi connectivity index (χ1v) is 7.00. The number of aliphatic imine (C=N–C) groups is 1. The highest BCUT2D eigenvalue weighted by Crippen LogP contribution is 1.76. The molecule has 0 radical (unpaired) electrons. The van der Waals surface area contributed by atoms with Gasteiger partial charge in [0.25, 0.3) is 0 Å². The lowest BCUT2D eigenvalue weighted by Gasteiger charge is -2.19. The molecule has 0 saturated heterocycles. The van der Waals surface area contributed by atoms with Crippen LogP contribution >= 0.6 is 0 Å². The average Bonchev–Trinajstić information content (AvgIpc) is 2.35. The monoisotopic (exact) mass is 258 g/mol. The summed E-state index contributed by atoms with van der Waals surface area (Å²) in [6, 6.07) is 0. The molecule has 18 heavy (non-hydrogen) atoms. The first-order chi connectivity index (χ1) is 8.78. The van der Waals surface area contributed by atoms with E-state index < -0.39 is 0 Å². The summed E-state index contributed by atoms with van der Waals surface area (Å²) in [4.78, 5) is 4.47. The van der Waals surface area contributed by atoms with Gasteiger partial charge < -0.3 is 10.6 Å². The largest absolute Gasteiger partial charge is 0.357 e. The Kier molecular flexibility index (Phi) is 12.0. The third-order valence-electron chi connectivity index (χ3n) is 2.24. The van der Waals surface area contributed by atoms with E-state index in [0.29, 0.717) is 0 Å². The zero-order valence-electron chi connectivity index (χ0n) is 12.3. The highest BCUT2D eigenvalue weighted by Gasteiger charge is 2.02. The summed E-state index contributed by atoms with van der Waals surface area (Å²) in [6.07, 6.45) is 0.164. The summed E-state index contributed by atoms with van der Waals surface area (Å²) in [7, 11) is 0. The summed E-state index contributed by atoms with van der Waals surface area (Å²) in [5.41, 5.74) is 0. The zero-order valence-corrected chi connectivity index (χ0v) is 12.3. The minimum Gasteiger partial charge on any atom is -0.357 e. The number of rotatable bonds is 10. The molecule has 0 aromatic heterocycles. The van der Waals surface area contributed by atoms with E-state index in [9.17, 15) is 0 Å². The molecule has 0 spiro atoms. The minimum absolute atomic E-state index is 0.164. The predicted octanol–water partition coefficient (Wildman–Crippen LogP) is -0.346. The second-order valence-corrected chi connectivity index (χ2v) is 3.79. The maximum Gasteiger partial charge on any atom is 0.191 e. The van der Waals surface area contributed by atoms with E-state index in [1.165, 1.54) is 0 Å². The molecule has 0 aliphatic carbocycles. The van der Waals surface area contributed by atoms with Crippen molar-refractivity contribution in [3.63, 3.8) is 0 Å². The molecule has 0 unspecified atom stereocenters. The van der Waals surface area contributed by atoms with Crippen LogP contribution in [0.25, 0.3) is 0 Å². The number of hydrogen-bond donors (Lipinski definition) is 5. The van der Waals surface area contributed by atoms with Gasteiger partial charge in [-0.05, 0) is 26.9 Å². The molecule has 0 heterocycles. The topological polar surface area (TPSA) is 72.5 Å². The van der Waals surface area contributed by atoms with E-state index >= 15 is 0 Å². The van der Waals surface area contributed by atoms with Crippen molar-refractivity contribution in [1.29, 1.82) is 0 Å². The number of nitrogens with zero attached hydrogens (tertiary/aromatic N) is 1. The van der Waals surface area contributed by atoms with Gasteiger partial charge >= 0.3 is 0 Å². The molecule has 0 saturated carbocycles. The van der Waals surface area contributed by atoms with Crippen LogP contribution in [-0.4, -0.2) is 51.5 Å². The Bertz CT molecular complexity index is 193. The lowest BCUT2D eigenvalue weighted by atomic mass is 10.5. The first kappa shape index (κ1) is 17.2. The molecule has 0 atom stereocenters. The maximum atomic E-state index is 4.47. The molecule has 0 amide bonds. The van der Waals surface area contributed by atoms with Crippen LogP contribution in [-0.2, 0) is 0 Å². The Morgan fingerprint density at radius 2 is 1.39 bits per heavy atom. The van der Waals surface area contributed by atoms with Crippen molar-refractivity contribution >= 4 is 5.96 Å². The summed E-state index contributed by atoms with van der Waals surface area (Å²) in [5.74, 6) is 0.880. The van der Waals surface area contributed by atoms with E-state index in [2.05, 4.69) is 59.3 Å². The Morgan fingerprint density at radius 3 is 1.83 bits per heavy atom. The van der Waals surface area contributed by atoms with Crippen LogP contribution in [0.3, 0.4) is 0 Å². The molecule has 0 fully saturated rings. The Labute approximate surface area is 111 Å². The first-order valence-electron chi connectivity index (χ1n) is 7.00. The third kappa shape index (κ3) is 9.21. The Morgan fingerprint density at radius 1 is 0.833 bits per heavy atom. The van der Waals surface area contributed by atoms with Gasteiger partial charge in [-0.1, -0.05) is 13.8 Å². The van der Waals surface area contributed by atoms with Crippen molar-refractivity contribution in [3.8, 4) is 0 Å². The van der Waals surface area contributed by atoms with Gasteiger partial charge in [0.2, 0.25) is 0 Å². The fourth-order valence-electron chi connectivity index (χ4n) is 1.51. The van der Waals surface area contributed by atoms with Crippen LogP contribution in [0, 0.1) is 0 Å². The highest BCUT2D eigenvalue weighted by atomic mass is 15.3. The van der Waals surface area contributed by atoms with Gasteiger partial charge in [-0.25, -0.2) is 0 Å². The van der Waals surface area contributed by atoms with Crippen LogP contribution in [0.5, 0.6) is 0 Å². The highest BCUT2D eigenvalue weighted by molar-refractivity contribution is 5.79. The minimum atomic E-state index is 0.164. The molecule has 6 heteroatoms. The molecule has 6 nitrogen and oxygen atoms in total. The van der Waals surface area contributed by atoms with Crippen molar-refractivity contribution in [1.82, 2.24) is 26.6 Å². The van der Waals surface area contributed by atoms with E-state index in [0.717, 1.165) is 45.2 Å². The SMILES string of the molecule is CCNC(=NCCNC(NCC)NCC)NCC. The average molecular weight is 258 g/mol. The summed E-state index contributed by atoms with van der Waals surface area (Å²) in [5, 5.41) is 16.4. The lowest BCUT2D eigenvalue weighted by Crippen LogP contribution is -2.53. The van der Waals surface area contributed by atoms with Gasteiger partial charge in [0.05, 0.1) is 6.54 Å². The van der Waals surface area contributed by atoms with Gasteiger partial charge in [0.1, 0.15) is 6.29 Å². The number of hydrogen-bond acceptors (Lipinski definition) is 4. The molecular weight excluding hydrogens is 228 g/mol. The van der Waals surface area contributed by atoms with Crippen molar-refractivity contribution in [2.75, 3.05) is 39.3 Å². The molecule has 0 aromatic rings. The van der Waals surface area contributed by atoms with E-state index in [4.69, 9.17) is 0 Å². The second kappa shape index (κ2) is 12.6. The second-order valence-electron chi connectivity index (χ2n) is 3.79. The molecular formula is C12H30N6. The third-order valence-corrected chi connectivity index (χ3v) is 2.24. The predicted molar refractivity (Wildman–Crippen MR) is 78.8 cm³/mol. The van der Waals surface area contributed by atoms with Gasteiger partial charge in [0, 0.05) is 19.6 Å². The van der Waals surface area contributed by atoms with E-state index in [1.54, 1.807) is 0 Å². The quantitative estimate of drug-likeness (QED) is 0.160. The molecule has 0 rings (SSSR count). The molecule has 108 valence electrons. The van der Waals surface area contributed by atoms with Gasteiger partial charge in [-0.2, -0.15) is 0 Å². The van der Waals surface area contributed by atoms with E-state index in [1.807, 2.05) is 0 Å². The molecule has 0 aromatic carbocycles. The lowest BCUT2D eigenvalue weighted by molar-refractivity contribution is 0.373. The van der Waals surface area contributed by atoms with Gasteiger partial charge in [0.15, 0.2) is 5.96 Å². The smallest absolute Gasteiger partial charge is 0.191 e. The fourth-order valence-corrected chi connectivity index (χ4v) is 1.51. The summed E-state index contributed by atoms with van der Waals surface area (Å²) < 4.78 is 0. The summed E-state index contributed by atoms with van der Waals surface area (Å²) >= 11 is 0. The van der Waals surface area contributed by atoms with Crippen molar-refractivity contribution < 1.29 is 0 Å². The Balaban J connectivity index is 3.87. The Hall–Kier alpha value is -0.850. The van der Waals surface area contributed by atoms with Gasteiger partial charge in [-0.15, -0.1) is 0 Å². The van der Waals surface area contributed by atoms with Crippen LogP contribution in [0.4, 0.5) is 0 Å². The standard InChI is InChI=1S/C12H30N6/c1-5-13-11(14-6-2)17-9-10-18-12(15-7-3)16-8-4/h11,13-14,17H,5-10H2,1-4H3,(H2,15,16,18). The normalized spacial score (nSPS) is 10.5. The van der Waals surface area contributed by atoms with Gasteiger partial charge in [-0.3, -0.25) is 20.9 Å². The van der Waals surface area contributed by atoms with Crippen LogP contribution in [0.1, 0.15) is 27.7 Å². The molecule has 5 N–H and O–H groups in total. The zero-order chi connectivity index (χ0) is 13.6. The van der Waals surface area contributed by atoms with Crippen molar-refractivity contribution in [2.24, 2.45) is 4.99 Å². The number of guanidine groups is 1. The van der Waals surface area contributed by atoms with Crippen LogP contribution < -0.4 is 26.6 Å². The molecule has 0 bridgehead atoms.